The summed E-state index contributed by atoms with van der Waals surface area (Å²) in [5.74, 6) is 1.42. The number of hydrogen-bond acceptors (Lipinski definition) is 8. The van der Waals surface area contributed by atoms with Gasteiger partial charge < -0.3 is 21.1 Å². The first-order valence-electron chi connectivity index (χ1n) is 9.11. The summed E-state index contributed by atoms with van der Waals surface area (Å²) in [5.41, 5.74) is 15.4. The van der Waals surface area contributed by atoms with Gasteiger partial charge in [0.25, 0.3) is 0 Å². The molecule has 0 radical (unpaired) electrons. The third-order valence-electron chi connectivity index (χ3n) is 5.04. The standard InChI is InChI=1S/C19H20N8O/c1-11-17(13-8-15(20)22-9-14(13)18(21)23-11)19-24-16-3-2-12(10-27(16)25-19)26-4-6-28-7-5-26/h2-3,8-10H,4-7H2,1H3,(H2,20,22)(H2,21,23). The summed E-state index contributed by atoms with van der Waals surface area (Å²) in [4.78, 5) is 15.6. The molecule has 1 fully saturated rings. The van der Waals surface area contributed by atoms with Crippen molar-refractivity contribution in [1.29, 1.82) is 0 Å². The van der Waals surface area contributed by atoms with Gasteiger partial charge >= 0.3 is 0 Å². The van der Waals surface area contributed by atoms with E-state index in [-0.39, 0.29) is 0 Å². The highest BCUT2D eigenvalue weighted by Crippen LogP contribution is 2.32. The van der Waals surface area contributed by atoms with Gasteiger partial charge in [-0.15, -0.1) is 5.10 Å². The fourth-order valence-electron chi connectivity index (χ4n) is 3.64. The molecule has 0 bridgehead atoms. The van der Waals surface area contributed by atoms with E-state index in [1.54, 1.807) is 16.8 Å². The van der Waals surface area contributed by atoms with Gasteiger partial charge in [-0.05, 0) is 25.1 Å². The predicted molar refractivity (Wildman–Crippen MR) is 108 cm³/mol. The highest BCUT2D eigenvalue weighted by atomic mass is 16.5. The molecule has 4 N–H and O–H groups in total. The number of fused-ring (bicyclic) bond motifs is 2. The second-order valence-electron chi connectivity index (χ2n) is 6.84. The number of rotatable bonds is 2. The van der Waals surface area contributed by atoms with Gasteiger partial charge in [0.05, 0.1) is 36.4 Å². The average molecular weight is 376 g/mol. The molecule has 9 nitrogen and oxygen atoms in total. The van der Waals surface area contributed by atoms with Gasteiger partial charge in [-0.1, -0.05) is 0 Å². The molecule has 0 amide bonds. The molecule has 0 spiro atoms. The number of aryl methyl sites for hydroxylation is 1. The van der Waals surface area contributed by atoms with Crippen LogP contribution >= 0.6 is 0 Å². The smallest absolute Gasteiger partial charge is 0.184 e. The van der Waals surface area contributed by atoms with Crippen LogP contribution in [0.1, 0.15) is 5.69 Å². The molecule has 5 heterocycles. The summed E-state index contributed by atoms with van der Waals surface area (Å²) in [6.45, 7) is 5.10. The number of nitrogen functional groups attached to an aromatic ring is 2. The molecule has 4 aromatic heterocycles. The molecule has 4 aromatic rings. The van der Waals surface area contributed by atoms with Gasteiger partial charge in [-0.25, -0.2) is 19.5 Å². The Morgan fingerprint density at radius 3 is 2.71 bits per heavy atom. The number of aromatic nitrogens is 5. The summed E-state index contributed by atoms with van der Waals surface area (Å²) < 4.78 is 7.23. The molecule has 28 heavy (non-hydrogen) atoms. The Hall–Kier alpha value is -3.46. The maximum Gasteiger partial charge on any atom is 0.184 e. The highest BCUT2D eigenvalue weighted by molar-refractivity contribution is 6.01. The maximum atomic E-state index is 6.08. The molecule has 0 atom stereocenters. The van der Waals surface area contributed by atoms with Crippen molar-refractivity contribution in [3.05, 3.63) is 36.3 Å². The van der Waals surface area contributed by atoms with Crippen molar-refractivity contribution in [3.8, 4) is 11.4 Å². The second kappa shape index (κ2) is 6.31. The quantitative estimate of drug-likeness (QED) is 0.542. The summed E-state index contributed by atoms with van der Waals surface area (Å²) >= 11 is 0. The third kappa shape index (κ3) is 2.67. The first-order valence-corrected chi connectivity index (χ1v) is 9.11. The molecule has 5 rings (SSSR count). The fourth-order valence-corrected chi connectivity index (χ4v) is 3.64. The van der Waals surface area contributed by atoms with Crippen molar-refractivity contribution in [2.75, 3.05) is 42.7 Å². The van der Waals surface area contributed by atoms with Crippen molar-refractivity contribution in [2.45, 2.75) is 6.92 Å². The topological polar surface area (TPSA) is 120 Å². The highest BCUT2D eigenvalue weighted by Gasteiger charge is 2.18. The molecule has 0 unspecified atom stereocenters. The number of hydrogen-bond donors (Lipinski definition) is 2. The Labute approximate surface area is 161 Å². The van der Waals surface area contributed by atoms with Crippen molar-refractivity contribution in [2.24, 2.45) is 0 Å². The lowest BCUT2D eigenvalue weighted by molar-refractivity contribution is 0.122. The molecular formula is C19H20N8O. The van der Waals surface area contributed by atoms with Crippen molar-refractivity contribution in [1.82, 2.24) is 24.6 Å². The number of morpholine rings is 1. The first-order chi connectivity index (χ1) is 13.6. The first kappa shape index (κ1) is 16.7. The predicted octanol–water partition coefficient (Wildman–Crippen LogP) is 1.65. The van der Waals surface area contributed by atoms with E-state index in [9.17, 15) is 0 Å². The Kier molecular flexibility index (Phi) is 3.76. The fraction of sp³-hybridized carbons (Fsp3) is 0.263. The minimum Gasteiger partial charge on any atom is -0.384 e. The number of anilines is 3. The van der Waals surface area contributed by atoms with Gasteiger partial charge in [0.2, 0.25) is 0 Å². The summed E-state index contributed by atoms with van der Waals surface area (Å²) in [6.07, 6.45) is 3.64. The van der Waals surface area contributed by atoms with E-state index in [1.165, 1.54) is 0 Å². The summed E-state index contributed by atoms with van der Waals surface area (Å²) in [7, 11) is 0. The summed E-state index contributed by atoms with van der Waals surface area (Å²) in [5, 5.41) is 6.30. The van der Waals surface area contributed by atoms with Gasteiger partial charge in [0.15, 0.2) is 11.5 Å². The van der Waals surface area contributed by atoms with Crippen LogP contribution in [0.4, 0.5) is 17.3 Å². The van der Waals surface area contributed by atoms with Crippen molar-refractivity contribution >= 4 is 33.7 Å². The van der Waals surface area contributed by atoms with Crippen LogP contribution in [0, 0.1) is 6.92 Å². The maximum absolute atomic E-state index is 6.08. The van der Waals surface area contributed by atoms with E-state index in [2.05, 4.69) is 20.9 Å². The molecule has 1 saturated heterocycles. The Balaban J connectivity index is 1.66. The third-order valence-corrected chi connectivity index (χ3v) is 5.04. The van der Waals surface area contributed by atoms with Crippen LogP contribution in [-0.4, -0.2) is 50.9 Å². The monoisotopic (exact) mass is 376 g/mol. The Bertz CT molecular complexity index is 1200. The van der Waals surface area contributed by atoms with Crippen LogP contribution < -0.4 is 16.4 Å². The largest absolute Gasteiger partial charge is 0.384 e. The number of nitrogens with two attached hydrogens (primary N) is 2. The number of pyridine rings is 3. The van der Waals surface area contributed by atoms with E-state index >= 15 is 0 Å². The van der Waals surface area contributed by atoms with Gasteiger partial charge in [0.1, 0.15) is 11.6 Å². The molecule has 1 aliphatic heterocycles. The number of ether oxygens (including phenoxy) is 1. The normalized spacial score (nSPS) is 14.8. The van der Waals surface area contributed by atoms with Crippen molar-refractivity contribution in [3.63, 3.8) is 0 Å². The molecule has 0 aliphatic carbocycles. The zero-order chi connectivity index (χ0) is 19.3. The molecule has 0 aromatic carbocycles. The minimum absolute atomic E-state index is 0.414. The molecular weight excluding hydrogens is 356 g/mol. The minimum atomic E-state index is 0.414. The molecule has 142 valence electrons. The van der Waals surface area contributed by atoms with Crippen LogP contribution in [0.25, 0.3) is 27.8 Å². The Morgan fingerprint density at radius 1 is 1.07 bits per heavy atom. The van der Waals surface area contributed by atoms with Gasteiger partial charge in [0, 0.05) is 30.1 Å². The lowest BCUT2D eigenvalue weighted by atomic mass is 10.1. The zero-order valence-electron chi connectivity index (χ0n) is 15.5. The van der Waals surface area contributed by atoms with Crippen LogP contribution in [0.5, 0.6) is 0 Å². The average Bonchev–Trinajstić information content (AvgIpc) is 3.11. The van der Waals surface area contributed by atoms with Crippen LogP contribution in [0.3, 0.4) is 0 Å². The number of nitrogens with zero attached hydrogens (tertiary/aromatic N) is 6. The van der Waals surface area contributed by atoms with Gasteiger partial charge in [-0.2, -0.15) is 0 Å². The van der Waals surface area contributed by atoms with E-state index in [4.69, 9.17) is 26.3 Å². The Morgan fingerprint density at radius 2 is 1.89 bits per heavy atom. The van der Waals surface area contributed by atoms with Crippen molar-refractivity contribution < 1.29 is 4.74 Å². The van der Waals surface area contributed by atoms with E-state index in [0.717, 1.165) is 59.7 Å². The molecule has 0 saturated carbocycles. The molecule has 1 aliphatic rings. The zero-order valence-corrected chi connectivity index (χ0v) is 15.5. The van der Waals surface area contributed by atoms with Crippen LogP contribution in [0.2, 0.25) is 0 Å². The van der Waals surface area contributed by atoms with E-state index < -0.39 is 0 Å². The second-order valence-corrected chi connectivity index (χ2v) is 6.84. The van der Waals surface area contributed by atoms with Crippen LogP contribution in [-0.2, 0) is 4.74 Å². The van der Waals surface area contributed by atoms with Crippen LogP contribution in [0.15, 0.2) is 30.6 Å². The molecule has 9 heteroatoms. The van der Waals surface area contributed by atoms with E-state index in [0.29, 0.717) is 17.5 Å². The van der Waals surface area contributed by atoms with E-state index in [1.807, 2.05) is 19.2 Å². The lowest BCUT2D eigenvalue weighted by Gasteiger charge is -2.28. The van der Waals surface area contributed by atoms with Gasteiger partial charge in [-0.3, -0.25) is 0 Å². The lowest BCUT2D eigenvalue weighted by Crippen LogP contribution is -2.36. The SMILES string of the molecule is Cc1nc(N)c2cnc(N)cc2c1-c1nc2ccc(N3CCOCC3)cn2n1. The summed E-state index contributed by atoms with van der Waals surface area (Å²) in [6, 6.07) is 5.83.